The summed E-state index contributed by atoms with van der Waals surface area (Å²) >= 11 is 0.841. The standard InChI is InChI=1S/C45H64N4O25S/c1-22(68-41(58)26(5)72-43(60)28(7)70-39(56)24(3)66-30(9)50)37(54)64-20-33(52)49(45(11,12)13)18-32(19-63-36-35(46-75-47-36)48-14-16-62-17-15-48)74-34(53)21-65-38(55)23(2)69-42(59)27(6)73-44(61)29(8)71-40(57)25(4)67-31(10)51/h22-29,32H,14-21H2,1-13H3/t22?,23?,24?,25?,26?,27?,28?,29?,32-/m0/s1. The van der Waals surface area contributed by atoms with Crippen LogP contribution in [0, 0.1) is 0 Å². The molecule has 0 saturated carbocycles. The highest BCUT2D eigenvalue weighted by atomic mass is 32.1. The van der Waals surface area contributed by atoms with Gasteiger partial charge in [-0.05, 0) is 76.2 Å². The van der Waals surface area contributed by atoms with E-state index in [2.05, 4.69) is 18.2 Å². The van der Waals surface area contributed by atoms with Gasteiger partial charge in [0.25, 0.3) is 11.8 Å². The average Bonchev–Trinajstić information content (AvgIpc) is 3.80. The maximum atomic E-state index is 13.8. The summed E-state index contributed by atoms with van der Waals surface area (Å²) in [5.74, 6) is -12.4. The molecule has 9 atom stereocenters. The zero-order valence-corrected chi connectivity index (χ0v) is 44.6. The van der Waals surface area contributed by atoms with Crippen LogP contribution in [0.2, 0.25) is 0 Å². The number of amides is 1. The molecule has 2 rings (SSSR count). The summed E-state index contributed by atoms with van der Waals surface area (Å²) in [4.78, 5) is 152. The lowest BCUT2D eigenvalue weighted by atomic mass is 10.1. The van der Waals surface area contributed by atoms with Crippen LogP contribution in [0.3, 0.4) is 0 Å². The van der Waals surface area contributed by atoms with E-state index in [1.54, 1.807) is 20.8 Å². The molecule has 0 N–H and O–H groups in total. The van der Waals surface area contributed by atoms with Crippen LogP contribution in [-0.2, 0) is 114 Å². The van der Waals surface area contributed by atoms with Crippen LogP contribution >= 0.6 is 11.7 Å². The smallest absolute Gasteiger partial charge is 0.347 e. The molecular formula is C45H64N4O25S. The van der Waals surface area contributed by atoms with E-state index < -0.39 is 158 Å². The molecule has 2 heterocycles. The Morgan fingerprint density at radius 1 is 0.533 bits per heavy atom. The highest BCUT2D eigenvalue weighted by Crippen LogP contribution is 2.27. The Bertz CT molecular complexity index is 2210. The third-order valence-electron chi connectivity index (χ3n) is 9.72. The van der Waals surface area contributed by atoms with E-state index in [0.29, 0.717) is 32.1 Å². The number of hydrogen-bond donors (Lipinski definition) is 0. The van der Waals surface area contributed by atoms with Gasteiger partial charge in [-0.15, -0.1) is 4.37 Å². The van der Waals surface area contributed by atoms with Gasteiger partial charge in [-0.2, -0.15) is 4.37 Å². The third-order valence-corrected chi connectivity index (χ3v) is 10.2. The molecule has 29 nitrogen and oxygen atoms in total. The molecule has 1 amide bonds. The van der Waals surface area contributed by atoms with Crippen molar-refractivity contribution in [3.05, 3.63) is 0 Å². The number of anilines is 1. The first-order valence-electron chi connectivity index (χ1n) is 23.1. The number of nitrogens with zero attached hydrogens (tertiary/aromatic N) is 4. The minimum Gasteiger partial charge on any atom is -0.470 e. The lowest BCUT2D eigenvalue weighted by molar-refractivity contribution is -0.185. The summed E-state index contributed by atoms with van der Waals surface area (Å²) in [5, 5.41) is 0. The minimum atomic E-state index is -1.66. The topological polar surface area (TPSA) is 357 Å². The van der Waals surface area contributed by atoms with Gasteiger partial charge in [0.05, 0.1) is 31.5 Å². The predicted octanol–water partition coefficient (Wildman–Crippen LogP) is -0.128. The summed E-state index contributed by atoms with van der Waals surface area (Å²) < 4.78 is 74.8. The van der Waals surface area contributed by atoms with Crippen molar-refractivity contribution in [1.82, 2.24) is 13.6 Å². The van der Waals surface area contributed by atoms with Crippen LogP contribution in [0.15, 0.2) is 0 Å². The predicted molar refractivity (Wildman–Crippen MR) is 247 cm³/mol. The SMILES string of the molecule is CC(=O)OC(C)C(=O)OC(C)C(=O)OC(C)C(=O)OC(C)C(=O)OCC(=O)O[C@H](COc1nsnc1N1CCOCC1)CN(C(=O)COC(=O)C(C)OC(=O)C(C)OC(=O)C(C)OC(=O)C(C)OC(C)=O)C(C)(C)C. The highest BCUT2D eigenvalue weighted by molar-refractivity contribution is 6.99. The van der Waals surface area contributed by atoms with Crippen LogP contribution in [0.4, 0.5) is 5.82 Å². The van der Waals surface area contributed by atoms with E-state index in [9.17, 15) is 57.5 Å². The molecular weight excluding hydrogens is 1030 g/mol. The monoisotopic (exact) mass is 1090 g/mol. The largest absolute Gasteiger partial charge is 0.470 e. The maximum Gasteiger partial charge on any atom is 0.347 e. The normalized spacial score (nSPS) is 15.9. The van der Waals surface area contributed by atoms with Gasteiger partial charge in [-0.25, -0.2) is 43.2 Å². The number of ether oxygens (including phenoxy) is 13. The minimum absolute atomic E-state index is 0.0632. The van der Waals surface area contributed by atoms with E-state index in [-0.39, 0.29) is 5.88 Å². The van der Waals surface area contributed by atoms with E-state index in [1.807, 2.05) is 4.90 Å². The quantitative estimate of drug-likeness (QED) is 0.0818. The van der Waals surface area contributed by atoms with Crippen molar-refractivity contribution in [3.63, 3.8) is 0 Å². The van der Waals surface area contributed by atoms with Gasteiger partial charge in [-0.1, -0.05) is 0 Å². The van der Waals surface area contributed by atoms with Gasteiger partial charge in [0.15, 0.2) is 68.1 Å². The number of carbonyl (C=O) groups excluding carboxylic acids is 12. The second kappa shape index (κ2) is 30.2. The molecule has 1 saturated heterocycles. The first kappa shape index (κ1) is 63.9. The second-order valence-corrected chi connectivity index (χ2v) is 17.8. The van der Waals surface area contributed by atoms with Crippen molar-refractivity contribution in [2.75, 3.05) is 57.6 Å². The van der Waals surface area contributed by atoms with Gasteiger partial charge in [0.1, 0.15) is 6.61 Å². The maximum absolute atomic E-state index is 13.8. The number of rotatable bonds is 27. The molecule has 0 bridgehead atoms. The van der Waals surface area contributed by atoms with Crippen molar-refractivity contribution >= 4 is 89.1 Å². The van der Waals surface area contributed by atoms with Gasteiger partial charge in [0, 0.05) is 32.5 Å². The van der Waals surface area contributed by atoms with Gasteiger partial charge < -0.3 is 71.4 Å². The van der Waals surface area contributed by atoms with Gasteiger partial charge in [0.2, 0.25) is 5.82 Å². The molecule has 0 spiro atoms. The number of carbonyl (C=O) groups is 12. The average molecular weight is 1090 g/mol. The molecule has 1 aliphatic heterocycles. The Balaban J connectivity index is 2.10. The van der Waals surface area contributed by atoms with Crippen molar-refractivity contribution in [3.8, 4) is 5.88 Å². The van der Waals surface area contributed by atoms with E-state index in [0.717, 1.165) is 67.1 Å². The summed E-state index contributed by atoms with van der Waals surface area (Å²) in [5.41, 5.74) is -1.07. The Hall–Kier alpha value is -7.24. The zero-order valence-electron chi connectivity index (χ0n) is 43.8. The Morgan fingerprint density at radius 2 is 0.893 bits per heavy atom. The Kier molecular flexibility index (Phi) is 25.7. The van der Waals surface area contributed by atoms with Crippen LogP contribution in [0.1, 0.15) is 90.0 Å². The molecule has 1 aliphatic rings. The first-order valence-corrected chi connectivity index (χ1v) is 23.8. The van der Waals surface area contributed by atoms with Crippen LogP contribution in [-0.4, -0.2) is 198 Å². The number of aromatic nitrogens is 2. The molecule has 8 unspecified atom stereocenters. The third kappa shape index (κ3) is 22.4. The second-order valence-electron chi connectivity index (χ2n) is 17.3. The Labute approximate surface area is 434 Å². The fourth-order valence-electron chi connectivity index (χ4n) is 5.78. The molecule has 0 aromatic carbocycles. The molecule has 75 heavy (non-hydrogen) atoms. The van der Waals surface area contributed by atoms with E-state index in [1.165, 1.54) is 18.7 Å². The first-order chi connectivity index (χ1) is 34.9. The summed E-state index contributed by atoms with van der Waals surface area (Å²) in [6.07, 6.45) is -13.7. The van der Waals surface area contributed by atoms with Gasteiger partial charge >= 0.3 is 65.7 Å². The van der Waals surface area contributed by atoms with Crippen molar-refractivity contribution in [2.45, 2.75) is 150 Å². The number of esters is 11. The molecule has 1 aromatic heterocycles. The molecule has 0 aliphatic carbocycles. The lowest BCUT2D eigenvalue weighted by Gasteiger charge is -2.37. The molecule has 0 radical (unpaired) electrons. The summed E-state index contributed by atoms with van der Waals surface area (Å²) in [6.45, 7) is 15.0. The lowest BCUT2D eigenvalue weighted by Crippen LogP contribution is -2.52. The van der Waals surface area contributed by atoms with Crippen LogP contribution < -0.4 is 9.64 Å². The van der Waals surface area contributed by atoms with Crippen molar-refractivity contribution < 1.29 is 119 Å². The number of hydrogen-bond acceptors (Lipinski definition) is 29. The highest BCUT2D eigenvalue weighted by Gasteiger charge is 2.36. The van der Waals surface area contributed by atoms with Crippen molar-refractivity contribution in [1.29, 1.82) is 0 Å². The fourth-order valence-corrected chi connectivity index (χ4v) is 6.30. The summed E-state index contributed by atoms with van der Waals surface area (Å²) in [7, 11) is 0. The fraction of sp³-hybridized carbons (Fsp3) is 0.689. The molecule has 1 fully saturated rings. The summed E-state index contributed by atoms with van der Waals surface area (Å²) in [6, 6.07) is 0. The van der Waals surface area contributed by atoms with Crippen LogP contribution in [0.5, 0.6) is 5.88 Å². The number of morpholine rings is 1. The van der Waals surface area contributed by atoms with E-state index in [4.69, 9.17) is 52.1 Å². The van der Waals surface area contributed by atoms with Crippen molar-refractivity contribution in [2.24, 2.45) is 0 Å². The Morgan fingerprint density at radius 3 is 1.27 bits per heavy atom. The molecule has 30 heteroatoms. The molecule has 1 aromatic rings. The van der Waals surface area contributed by atoms with Gasteiger partial charge in [-0.3, -0.25) is 14.4 Å². The van der Waals surface area contributed by atoms with E-state index >= 15 is 0 Å². The van der Waals surface area contributed by atoms with Crippen LogP contribution in [0.25, 0.3) is 0 Å². The molecule has 420 valence electrons. The zero-order chi connectivity index (χ0) is 56.9.